The molecule has 2 heterocycles. The van der Waals surface area contributed by atoms with Crippen molar-refractivity contribution in [2.75, 3.05) is 0 Å². The molecule has 1 atom stereocenters. The molecule has 3 aromatic carbocycles. The summed E-state index contributed by atoms with van der Waals surface area (Å²) in [5, 5.41) is 21.1. The number of hydrogen-bond donors (Lipinski definition) is 2. The largest absolute Gasteiger partial charge is 0.508 e. The number of likely N-dealkylation sites (tertiary alicyclic amines) is 1. The Morgan fingerprint density at radius 1 is 0.921 bits per heavy atom. The van der Waals surface area contributed by atoms with E-state index in [9.17, 15) is 19.8 Å². The minimum absolute atomic E-state index is 0.0109. The van der Waals surface area contributed by atoms with Crippen LogP contribution in [0.1, 0.15) is 33.9 Å². The Hall–Kier alpha value is -4.91. The molecule has 1 saturated heterocycles. The van der Waals surface area contributed by atoms with Crippen molar-refractivity contribution in [2.45, 2.75) is 26.1 Å². The second kappa shape index (κ2) is 10.6. The predicted molar refractivity (Wildman–Crippen MR) is 142 cm³/mol. The van der Waals surface area contributed by atoms with Crippen molar-refractivity contribution in [3.63, 3.8) is 0 Å². The van der Waals surface area contributed by atoms with Gasteiger partial charge < -0.3 is 19.8 Å². The Morgan fingerprint density at radius 2 is 1.63 bits per heavy atom. The number of ketones is 1. The van der Waals surface area contributed by atoms with Gasteiger partial charge in [-0.2, -0.15) is 0 Å². The molecule has 0 spiro atoms. The molecule has 1 aliphatic heterocycles. The number of aromatic nitrogens is 1. The van der Waals surface area contributed by atoms with Crippen LogP contribution in [0.3, 0.4) is 0 Å². The van der Waals surface area contributed by atoms with Crippen LogP contribution in [0.2, 0.25) is 0 Å². The number of benzene rings is 3. The number of Topliss-reactive ketones (excluding diaryl/α,β-unsaturated/α-hetero) is 1. The van der Waals surface area contributed by atoms with Gasteiger partial charge in [0, 0.05) is 24.5 Å². The lowest BCUT2D eigenvalue weighted by Gasteiger charge is -2.25. The van der Waals surface area contributed by atoms with Crippen molar-refractivity contribution < 1.29 is 24.5 Å². The molecule has 1 aliphatic rings. The van der Waals surface area contributed by atoms with E-state index in [1.54, 1.807) is 60.9 Å². The van der Waals surface area contributed by atoms with Crippen molar-refractivity contribution >= 4 is 17.4 Å². The van der Waals surface area contributed by atoms with E-state index in [-0.39, 0.29) is 23.6 Å². The quantitative estimate of drug-likeness (QED) is 0.201. The maximum absolute atomic E-state index is 13.2. The number of aromatic hydroxyl groups is 1. The smallest absolute Gasteiger partial charge is 0.295 e. The highest BCUT2D eigenvalue weighted by atomic mass is 16.5. The van der Waals surface area contributed by atoms with Crippen LogP contribution in [0, 0.1) is 6.92 Å². The standard InChI is InChI=1S/C31H26N2O5/c1-20-3-2-4-22(17-20)19-38-26-11-7-24(8-12-26)29(35)27-28(23-5-9-25(34)10-6-23)33(31(37)30(27)36)18-21-13-15-32-16-14-21/h2-17,28,34-35H,18-19H2,1H3/b29-27+/t28-/m0/s1. The second-order valence-electron chi connectivity index (χ2n) is 9.18. The number of amides is 1. The van der Waals surface area contributed by atoms with Gasteiger partial charge in [-0.05, 0) is 72.1 Å². The number of hydrogen-bond acceptors (Lipinski definition) is 6. The van der Waals surface area contributed by atoms with E-state index in [1.165, 1.54) is 17.0 Å². The molecule has 0 unspecified atom stereocenters. The van der Waals surface area contributed by atoms with Crippen molar-refractivity contribution in [2.24, 2.45) is 0 Å². The van der Waals surface area contributed by atoms with Gasteiger partial charge in [0.1, 0.15) is 23.9 Å². The summed E-state index contributed by atoms with van der Waals surface area (Å²) in [6.07, 6.45) is 3.23. The van der Waals surface area contributed by atoms with E-state index < -0.39 is 17.7 Å². The number of pyridine rings is 1. The zero-order valence-corrected chi connectivity index (χ0v) is 20.7. The first-order chi connectivity index (χ1) is 18.4. The fourth-order valence-corrected chi connectivity index (χ4v) is 4.56. The first kappa shape index (κ1) is 24.8. The minimum atomic E-state index is -0.832. The Labute approximate surface area is 220 Å². The zero-order valence-electron chi connectivity index (χ0n) is 20.7. The van der Waals surface area contributed by atoms with Crippen LogP contribution in [-0.4, -0.2) is 31.8 Å². The monoisotopic (exact) mass is 506 g/mol. The van der Waals surface area contributed by atoms with Crippen molar-refractivity contribution in [3.8, 4) is 11.5 Å². The van der Waals surface area contributed by atoms with Crippen LogP contribution in [0.15, 0.2) is 103 Å². The van der Waals surface area contributed by atoms with Crippen LogP contribution < -0.4 is 4.74 Å². The third-order valence-electron chi connectivity index (χ3n) is 6.47. The molecular weight excluding hydrogens is 480 g/mol. The van der Waals surface area contributed by atoms with Gasteiger partial charge >= 0.3 is 0 Å². The van der Waals surface area contributed by atoms with Crippen LogP contribution in [0.25, 0.3) is 5.76 Å². The van der Waals surface area contributed by atoms with Crippen molar-refractivity contribution in [1.29, 1.82) is 0 Å². The van der Waals surface area contributed by atoms with E-state index >= 15 is 0 Å². The Kier molecular flexibility index (Phi) is 6.91. The summed E-state index contributed by atoms with van der Waals surface area (Å²) >= 11 is 0. The van der Waals surface area contributed by atoms with E-state index in [2.05, 4.69) is 11.1 Å². The minimum Gasteiger partial charge on any atom is -0.508 e. The highest BCUT2D eigenvalue weighted by Gasteiger charge is 2.46. The van der Waals surface area contributed by atoms with Crippen LogP contribution in [0.5, 0.6) is 11.5 Å². The molecule has 0 bridgehead atoms. The highest BCUT2D eigenvalue weighted by molar-refractivity contribution is 6.46. The third kappa shape index (κ3) is 5.13. The summed E-state index contributed by atoms with van der Waals surface area (Å²) in [4.78, 5) is 31.8. The molecule has 38 heavy (non-hydrogen) atoms. The molecule has 7 heteroatoms. The van der Waals surface area contributed by atoms with E-state index in [4.69, 9.17) is 4.74 Å². The lowest BCUT2D eigenvalue weighted by molar-refractivity contribution is -0.140. The number of aryl methyl sites for hydroxylation is 1. The number of aliphatic hydroxyl groups excluding tert-OH is 1. The van der Waals surface area contributed by atoms with E-state index in [0.29, 0.717) is 23.5 Å². The van der Waals surface area contributed by atoms with Gasteiger partial charge in [-0.3, -0.25) is 14.6 Å². The summed E-state index contributed by atoms with van der Waals surface area (Å²) in [7, 11) is 0. The first-order valence-electron chi connectivity index (χ1n) is 12.2. The molecule has 1 aromatic heterocycles. The van der Waals surface area contributed by atoms with Crippen LogP contribution in [0.4, 0.5) is 0 Å². The molecular formula is C31H26N2O5. The molecule has 1 amide bonds. The lowest BCUT2D eigenvalue weighted by atomic mass is 9.95. The molecule has 190 valence electrons. The second-order valence-corrected chi connectivity index (χ2v) is 9.18. The number of nitrogens with zero attached hydrogens (tertiary/aromatic N) is 2. The van der Waals surface area contributed by atoms with Gasteiger partial charge in [0.2, 0.25) is 0 Å². The molecule has 5 rings (SSSR count). The zero-order chi connectivity index (χ0) is 26.6. The molecule has 4 aromatic rings. The predicted octanol–water partition coefficient (Wildman–Crippen LogP) is 5.30. The fraction of sp³-hybridized carbons (Fsp3) is 0.129. The molecule has 2 N–H and O–H groups in total. The third-order valence-corrected chi connectivity index (χ3v) is 6.47. The summed E-state index contributed by atoms with van der Waals surface area (Å²) in [6, 6.07) is 23.7. The number of phenols is 1. The normalized spacial score (nSPS) is 16.6. The Bertz CT molecular complexity index is 1500. The average molecular weight is 507 g/mol. The first-order valence-corrected chi connectivity index (χ1v) is 12.2. The van der Waals surface area contributed by atoms with Gasteiger partial charge in [-0.15, -0.1) is 0 Å². The highest BCUT2D eigenvalue weighted by Crippen LogP contribution is 2.40. The molecule has 1 fully saturated rings. The lowest BCUT2D eigenvalue weighted by Crippen LogP contribution is -2.29. The van der Waals surface area contributed by atoms with Gasteiger partial charge in [-0.25, -0.2) is 0 Å². The van der Waals surface area contributed by atoms with Crippen LogP contribution in [-0.2, 0) is 22.7 Å². The van der Waals surface area contributed by atoms with Crippen LogP contribution >= 0.6 is 0 Å². The van der Waals surface area contributed by atoms with E-state index in [1.807, 2.05) is 25.1 Å². The number of rotatable bonds is 7. The maximum Gasteiger partial charge on any atom is 0.295 e. The average Bonchev–Trinajstić information content (AvgIpc) is 3.18. The maximum atomic E-state index is 13.2. The Balaban J connectivity index is 1.47. The van der Waals surface area contributed by atoms with Crippen molar-refractivity contribution in [3.05, 3.63) is 131 Å². The number of carbonyl (C=O) groups is 2. The molecule has 0 aliphatic carbocycles. The fourth-order valence-electron chi connectivity index (χ4n) is 4.56. The number of phenolic OH excluding ortho intramolecular Hbond substituents is 1. The summed E-state index contributed by atoms with van der Waals surface area (Å²) in [5.41, 5.74) is 3.95. The summed E-state index contributed by atoms with van der Waals surface area (Å²) in [6.45, 7) is 2.57. The SMILES string of the molecule is Cc1cccc(COc2ccc(/C(O)=C3\C(=O)C(=O)N(Cc4ccncc4)[C@H]3c3ccc(O)cc3)cc2)c1. The Morgan fingerprint density at radius 3 is 2.32 bits per heavy atom. The van der Waals surface area contributed by atoms with Gasteiger partial charge in [0.05, 0.1) is 11.6 Å². The van der Waals surface area contributed by atoms with Gasteiger partial charge in [-0.1, -0.05) is 42.0 Å². The number of ether oxygens (including phenoxy) is 1. The molecule has 7 nitrogen and oxygen atoms in total. The molecule has 0 radical (unpaired) electrons. The number of aliphatic hydroxyl groups is 1. The summed E-state index contributed by atoms with van der Waals surface area (Å²) < 4.78 is 5.87. The summed E-state index contributed by atoms with van der Waals surface area (Å²) in [5.74, 6) is -1.09. The molecule has 0 saturated carbocycles. The van der Waals surface area contributed by atoms with Gasteiger partial charge in [0.25, 0.3) is 11.7 Å². The topological polar surface area (TPSA) is 100.0 Å². The van der Waals surface area contributed by atoms with Gasteiger partial charge in [0.15, 0.2) is 0 Å². The number of carbonyl (C=O) groups excluding carboxylic acids is 2. The van der Waals surface area contributed by atoms with Crippen molar-refractivity contribution in [1.82, 2.24) is 9.88 Å². The van der Waals surface area contributed by atoms with E-state index in [0.717, 1.165) is 16.7 Å².